The van der Waals surface area contributed by atoms with Crippen LogP contribution in [0.25, 0.3) is 0 Å². The molecule has 0 aliphatic carbocycles. The minimum atomic E-state index is 0.431. The number of piperazine rings is 1. The Morgan fingerprint density at radius 3 is 2.55 bits per heavy atom. The molecule has 1 aliphatic heterocycles. The van der Waals surface area contributed by atoms with Gasteiger partial charge in [-0.2, -0.15) is 5.10 Å². The average Bonchev–Trinajstić information content (AvgIpc) is 2.98. The van der Waals surface area contributed by atoms with E-state index in [2.05, 4.69) is 52.9 Å². The van der Waals surface area contributed by atoms with Gasteiger partial charge < -0.3 is 4.90 Å². The number of pyridine rings is 1. The second-order valence-electron chi connectivity index (χ2n) is 6.35. The van der Waals surface area contributed by atoms with Gasteiger partial charge in [0.1, 0.15) is 0 Å². The Morgan fingerprint density at radius 2 is 1.91 bits per heavy atom. The highest BCUT2D eigenvalue weighted by atomic mass is 15.3. The van der Waals surface area contributed by atoms with Crippen LogP contribution >= 0.6 is 0 Å². The minimum Gasteiger partial charge on any atom is -0.369 e. The summed E-state index contributed by atoms with van der Waals surface area (Å²) in [5, 5.41) is 4.43. The quantitative estimate of drug-likeness (QED) is 0.869. The van der Waals surface area contributed by atoms with Crippen LogP contribution in [0.3, 0.4) is 0 Å². The zero-order chi connectivity index (χ0) is 15.5. The molecule has 0 saturated carbocycles. The van der Waals surface area contributed by atoms with Crippen molar-refractivity contribution < 1.29 is 0 Å². The van der Waals surface area contributed by atoms with Crippen molar-refractivity contribution in [2.24, 2.45) is 0 Å². The summed E-state index contributed by atoms with van der Waals surface area (Å²) in [6.07, 6.45) is 8.00. The second-order valence-corrected chi connectivity index (χ2v) is 6.35. The second kappa shape index (κ2) is 6.48. The van der Waals surface area contributed by atoms with Crippen LogP contribution in [0.15, 0.2) is 30.9 Å². The maximum absolute atomic E-state index is 4.43. The van der Waals surface area contributed by atoms with E-state index in [-0.39, 0.29) is 0 Å². The molecule has 0 amide bonds. The summed E-state index contributed by atoms with van der Waals surface area (Å²) in [5.74, 6) is 0. The van der Waals surface area contributed by atoms with E-state index in [9.17, 15) is 0 Å². The predicted molar refractivity (Wildman–Crippen MR) is 89.1 cm³/mol. The fourth-order valence-corrected chi connectivity index (χ4v) is 2.97. The van der Waals surface area contributed by atoms with E-state index in [1.807, 2.05) is 23.3 Å². The fourth-order valence-electron chi connectivity index (χ4n) is 2.97. The van der Waals surface area contributed by atoms with Crippen molar-refractivity contribution in [3.05, 3.63) is 42.0 Å². The van der Waals surface area contributed by atoms with Gasteiger partial charge in [-0.15, -0.1) is 0 Å². The fraction of sp³-hybridized carbons (Fsp3) is 0.529. The first-order valence-electron chi connectivity index (χ1n) is 8.04. The van der Waals surface area contributed by atoms with Gasteiger partial charge in [0.2, 0.25) is 0 Å². The lowest BCUT2D eigenvalue weighted by molar-refractivity contribution is 0.249. The molecule has 1 saturated heterocycles. The molecule has 0 spiro atoms. The van der Waals surface area contributed by atoms with Crippen LogP contribution in [0.5, 0.6) is 0 Å². The zero-order valence-electron chi connectivity index (χ0n) is 13.7. The minimum absolute atomic E-state index is 0.431. The predicted octanol–water partition coefficient (Wildman–Crippen LogP) is 2.49. The van der Waals surface area contributed by atoms with Gasteiger partial charge in [0, 0.05) is 68.6 Å². The van der Waals surface area contributed by atoms with E-state index in [1.54, 1.807) is 0 Å². The van der Waals surface area contributed by atoms with E-state index in [0.717, 1.165) is 32.7 Å². The van der Waals surface area contributed by atoms with E-state index >= 15 is 0 Å². The summed E-state index contributed by atoms with van der Waals surface area (Å²) in [6.45, 7) is 11.8. The van der Waals surface area contributed by atoms with E-state index in [0.29, 0.717) is 6.04 Å². The number of rotatable bonds is 4. The van der Waals surface area contributed by atoms with Crippen LogP contribution in [0.4, 0.5) is 5.69 Å². The molecule has 0 unspecified atom stereocenters. The number of aromatic nitrogens is 3. The van der Waals surface area contributed by atoms with Crippen LogP contribution in [0.2, 0.25) is 0 Å². The summed E-state index contributed by atoms with van der Waals surface area (Å²) in [6, 6.07) is 2.55. The monoisotopic (exact) mass is 299 g/mol. The van der Waals surface area contributed by atoms with E-state index in [4.69, 9.17) is 0 Å². The van der Waals surface area contributed by atoms with Gasteiger partial charge in [-0.05, 0) is 32.4 Å². The lowest BCUT2D eigenvalue weighted by atomic mass is 10.2. The largest absolute Gasteiger partial charge is 0.369 e. The number of hydrogen-bond donors (Lipinski definition) is 0. The van der Waals surface area contributed by atoms with Crippen molar-refractivity contribution in [3.63, 3.8) is 0 Å². The summed E-state index contributed by atoms with van der Waals surface area (Å²) in [4.78, 5) is 9.15. The third-order valence-electron chi connectivity index (χ3n) is 4.29. The molecule has 3 heterocycles. The highest BCUT2D eigenvalue weighted by molar-refractivity contribution is 5.51. The normalized spacial score (nSPS) is 16.5. The first-order chi connectivity index (χ1) is 10.6. The van der Waals surface area contributed by atoms with Crippen LogP contribution in [0.1, 0.15) is 31.0 Å². The van der Waals surface area contributed by atoms with E-state index in [1.165, 1.54) is 16.8 Å². The van der Waals surface area contributed by atoms with Gasteiger partial charge in [-0.25, -0.2) is 0 Å². The van der Waals surface area contributed by atoms with Crippen molar-refractivity contribution >= 4 is 5.69 Å². The third kappa shape index (κ3) is 3.30. The molecule has 2 aromatic heterocycles. The molecule has 5 heteroatoms. The molecule has 0 N–H and O–H groups in total. The van der Waals surface area contributed by atoms with Gasteiger partial charge in [0.05, 0.1) is 6.20 Å². The lowest BCUT2D eigenvalue weighted by Gasteiger charge is -2.36. The summed E-state index contributed by atoms with van der Waals surface area (Å²) in [7, 11) is 0. The Balaban J connectivity index is 1.56. The molecule has 0 atom stereocenters. The zero-order valence-corrected chi connectivity index (χ0v) is 13.7. The van der Waals surface area contributed by atoms with Crippen LogP contribution < -0.4 is 4.90 Å². The Morgan fingerprint density at radius 1 is 1.14 bits per heavy atom. The SMILES string of the molecule is Cc1cnccc1N1CCN(Cc2cnn(C(C)C)c2)CC1. The molecule has 0 radical (unpaired) electrons. The maximum atomic E-state index is 4.43. The number of aryl methyl sites for hydroxylation is 1. The highest BCUT2D eigenvalue weighted by Crippen LogP contribution is 2.20. The van der Waals surface area contributed by atoms with Crippen molar-refractivity contribution in [1.82, 2.24) is 19.7 Å². The van der Waals surface area contributed by atoms with Crippen molar-refractivity contribution in [1.29, 1.82) is 0 Å². The smallest absolute Gasteiger partial charge is 0.0534 e. The molecule has 1 aliphatic rings. The van der Waals surface area contributed by atoms with E-state index < -0.39 is 0 Å². The van der Waals surface area contributed by atoms with Crippen LogP contribution in [-0.4, -0.2) is 45.8 Å². The molecular weight excluding hydrogens is 274 g/mol. The Hall–Kier alpha value is -1.88. The van der Waals surface area contributed by atoms with Crippen LogP contribution in [0, 0.1) is 6.92 Å². The number of hydrogen-bond acceptors (Lipinski definition) is 4. The first-order valence-corrected chi connectivity index (χ1v) is 8.04. The third-order valence-corrected chi connectivity index (χ3v) is 4.29. The van der Waals surface area contributed by atoms with Gasteiger partial charge in [0.15, 0.2) is 0 Å². The van der Waals surface area contributed by atoms with Crippen molar-refractivity contribution in [3.8, 4) is 0 Å². The Labute approximate surface area is 132 Å². The topological polar surface area (TPSA) is 37.2 Å². The molecule has 1 fully saturated rings. The summed E-state index contributed by atoms with van der Waals surface area (Å²) in [5.41, 5.74) is 3.89. The maximum Gasteiger partial charge on any atom is 0.0534 e. The van der Waals surface area contributed by atoms with Gasteiger partial charge in [-0.1, -0.05) is 0 Å². The first kappa shape index (κ1) is 15.0. The molecule has 22 heavy (non-hydrogen) atoms. The molecule has 0 aromatic carbocycles. The van der Waals surface area contributed by atoms with Gasteiger partial charge >= 0.3 is 0 Å². The molecule has 0 bridgehead atoms. The number of anilines is 1. The molecule has 118 valence electrons. The summed E-state index contributed by atoms with van der Waals surface area (Å²) >= 11 is 0. The molecule has 2 aromatic rings. The highest BCUT2D eigenvalue weighted by Gasteiger charge is 2.18. The molecule has 5 nitrogen and oxygen atoms in total. The Bertz CT molecular complexity index is 611. The standard InChI is InChI=1S/C17H25N5/c1-14(2)22-13-16(11-19-22)12-20-6-8-21(9-7-20)17-4-5-18-10-15(17)3/h4-5,10-11,13-14H,6-9,12H2,1-3H3. The Kier molecular flexibility index (Phi) is 4.43. The molecule has 3 rings (SSSR count). The van der Waals surface area contributed by atoms with Crippen molar-refractivity contribution in [2.75, 3.05) is 31.1 Å². The van der Waals surface area contributed by atoms with Crippen molar-refractivity contribution in [2.45, 2.75) is 33.4 Å². The average molecular weight is 299 g/mol. The number of nitrogens with zero attached hydrogens (tertiary/aromatic N) is 5. The molecular formula is C17H25N5. The lowest BCUT2D eigenvalue weighted by Crippen LogP contribution is -2.46. The van der Waals surface area contributed by atoms with Gasteiger partial charge in [-0.3, -0.25) is 14.6 Å². The summed E-state index contributed by atoms with van der Waals surface area (Å²) < 4.78 is 2.03. The van der Waals surface area contributed by atoms with Gasteiger partial charge in [0.25, 0.3) is 0 Å². The van der Waals surface area contributed by atoms with Crippen LogP contribution in [-0.2, 0) is 6.54 Å².